The van der Waals surface area contributed by atoms with Crippen LogP contribution in [0.3, 0.4) is 0 Å². The summed E-state index contributed by atoms with van der Waals surface area (Å²) in [6, 6.07) is 13.1. The molecule has 0 amide bonds. The highest BCUT2D eigenvalue weighted by Gasteiger charge is 2.30. The van der Waals surface area contributed by atoms with E-state index in [1.165, 1.54) is 28.3 Å². The zero-order chi connectivity index (χ0) is 14.6. The van der Waals surface area contributed by atoms with Gasteiger partial charge in [-0.1, -0.05) is 32.0 Å². The third-order valence-electron chi connectivity index (χ3n) is 4.35. The molecule has 1 aromatic carbocycles. The van der Waals surface area contributed by atoms with Crippen LogP contribution < -0.4 is 4.68 Å². The van der Waals surface area contributed by atoms with Crippen molar-refractivity contribution in [1.82, 2.24) is 9.25 Å². The molecule has 0 unspecified atom stereocenters. The van der Waals surface area contributed by atoms with Crippen molar-refractivity contribution in [2.75, 3.05) is 0 Å². The number of hydrogen-bond acceptors (Lipinski definition) is 0. The van der Waals surface area contributed by atoms with Crippen LogP contribution in [-0.2, 0) is 6.54 Å². The van der Waals surface area contributed by atoms with Gasteiger partial charge in [0.05, 0.1) is 17.4 Å². The Morgan fingerprint density at radius 2 is 1.95 bits per heavy atom. The molecule has 21 heavy (non-hydrogen) atoms. The summed E-state index contributed by atoms with van der Waals surface area (Å²) >= 11 is 0. The third kappa shape index (κ3) is 1.70. The summed E-state index contributed by atoms with van der Waals surface area (Å²) in [5, 5.41) is 0. The van der Waals surface area contributed by atoms with Crippen molar-refractivity contribution in [2.24, 2.45) is 0 Å². The molecule has 3 heteroatoms. The zero-order valence-electron chi connectivity index (χ0n) is 12.7. The van der Waals surface area contributed by atoms with E-state index in [0.29, 0.717) is 5.92 Å². The first-order valence-electron chi connectivity index (χ1n) is 7.55. The second-order valence-electron chi connectivity index (χ2n) is 6.12. The van der Waals surface area contributed by atoms with Gasteiger partial charge in [0.15, 0.2) is 12.0 Å². The van der Waals surface area contributed by atoms with Crippen molar-refractivity contribution in [3.63, 3.8) is 0 Å². The molecular formula is C18H20N3+. The first kappa shape index (κ1) is 12.5. The Morgan fingerprint density at radius 1 is 1.14 bits per heavy atom. The standard InChI is InChI=1S/C18H20N3/c1-13(2)16-7-4-5-8-17(16)21-14(3)11-15-12-19-9-6-10-20(19)18(15)21/h4-11,13H,12H2,1-3H3/q+1. The van der Waals surface area contributed by atoms with Gasteiger partial charge in [0, 0.05) is 11.8 Å². The molecule has 0 spiro atoms. The molecule has 1 aliphatic heterocycles. The molecule has 0 saturated heterocycles. The van der Waals surface area contributed by atoms with Gasteiger partial charge in [-0.15, -0.1) is 9.36 Å². The van der Waals surface area contributed by atoms with Crippen LogP contribution in [-0.4, -0.2) is 9.25 Å². The highest BCUT2D eigenvalue weighted by molar-refractivity contribution is 5.53. The summed E-state index contributed by atoms with van der Waals surface area (Å²) in [4.78, 5) is 0. The molecule has 3 heterocycles. The van der Waals surface area contributed by atoms with E-state index in [4.69, 9.17) is 0 Å². The molecule has 0 atom stereocenters. The van der Waals surface area contributed by atoms with Gasteiger partial charge in [0.2, 0.25) is 6.54 Å². The summed E-state index contributed by atoms with van der Waals surface area (Å²) in [6.07, 6.45) is 4.27. The van der Waals surface area contributed by atoms with Crippen LogP contribution in [0.5, 0.6) is 0 Å². The number of aromatic nitrogens is 3. The molecule has 3 aromatic rings. The molecule has 0 fully saturated rings. The number of aryl methyl sites for hydroxylation is 1. The molecule has 2 aromatic heterocycles. The van der Waals surface area contributed by atoms with Crippen LogP contribution in [0.2, 0.25) is 0 Å². The smallest absolute Gasteiger partial charge is 0.201 e. The van der Waals surface area contributed by atoms with E-state index in [1.807, 2.05) is 0 Å². The predicted molar refractivity (Wildman–Crippen MR) is 83.2 cm³/mol. The number of hydrogen-bond donors (Lipinski definition) is 0. The van der Waals surface area contributed by atoms with Gasteiger partial charge in [0.1, 0.15) is 0 Å². The monoisotopic (exact) mass is 278 g/mol. The second-order valence-corrected chi connectivity index (χ2v) is 6.12. The third-order valence-corrected chi connectivity index (χ3v) is 4.35. The first-order valence-corrected chi connectivity index (χ1v) is 7.55. The fraction of sp³-hybridized carbons (Fsp3) is 0.278. The maximum atomic E-state index is 2.40. The van der Waals surface area contributed by atoms with Gasteiger partial charge >= 0.3 is 0 Å². The molecule has 0 saturated carbocycles. The van der Waals surface area contributed by atoms with Crippen molar-refractivity contribution < 1.29 is 4.68 Å². The molecule has 106 valence electrons. The van der Waals surface area contributed by atoms with E-state index in [-0.39, 0.29) is 0 Å². The Bertz CT molecular complexity index is 821. The Kier molecular flexibility index (Phi) is 2.58. The van der Waals surface area contributed by atoms with Crippen LogP contribution in [0.1, 0.15) is 36.6 Å². The van der Waals surface area contributed by atoms with E-state index in [9.17, 15) is 0 Å². The van der Waals surface area contributed by atoms with Crippen LogP contribution in [0, 0.1) is 6.92 Å². The van der Waals surface area contributed by atoms with E-state index >= 15 is 0 Å². The molecule has 0 radical (unpaired) electrons. The van der Waals surface area contributed by atoms with Gasteiger partial charge in [-0.25, -0.2) is 0 Å². The SMILES string of the molecule is Cc1cc2c(n1-c1ccccc1C(C)C)-n1ccc[n+]1C2. The molecule has 4 rings (SSSR count). The Labute approximate surface area is 125 Å². The normalized spacial score (nSPS) is 12.8. The summed E-state index contributed by atoms with van der Waals surface area (Å²) in [7, 11) is 0. The fourth-order valence-electron chi connectivity index (χ4n) is 3.41. The topological polar surface area (TPSA) is 13.7 Å². The van der Waals surface area contributed by atoms with Crippen LogP contribution in [0.4, 0.5) is 0 Å². The second kappa shape index (κ2) is 4.35. The lowest BCUT2D eigenvalue weighted by molar-refractivity contribution is -0.751. The van der Waals surface area contributed by atoms with Crippen molar-refractivity contribution in [1.29, 1.82) is 0 Å². The van der Waals surface area contributed by atoms with Crippen LogP contribution >= 0.6 is 0 Å². The summed E-state index contributed by atoms with van der Waals surface area (Å²) < 4.78 is 6.90. The Balaban J connectivity index is 2.01. The molecular weight excluding hydrogens is 258 g/mol. The number of para-hydroxylation sites is 1. The Morgan fingerprint density at radius 3 is 2.76 bits per heavy atom. The minimum atomic E-state index is 0.511. The quantitative estimate of drug-likeness (QED) is 0.499. The first-order chi connectivity index (χ1) is 10.2. The van der Waals surface area contributed by atoms with Gasteiger partial charge in [-0.05, 0) is 30.5 Å². The average Bonchev–Trinajstić information content (AvgIpc) is 3.09. The lowest BCUT2D eigenvalue weighted by atomic mass is 10.0. The Hall–Kier alpha value is -2.29. The molecule has 1 aliphatic rings. The lowest BCUT2D eigenvalue weighted by Gasteiger charge is -2.16. The number of fused-ring (bicyclic) bond motifs is 3. The van der Waals surface area contributed by atoms with Crippen LogP contribution in [0.15, 0.2) is 48.8 Å². The van der Waals surface area contributed by atoms with E-state index in [1.54, 1.807) is 0 Å². The van der Waals surface area contributed by atoms with E-state index in [0.717, 1.165) is 6.54 Å². The largest absolute Gasteiger partial charge is 0.295 e. The molecule has 3 nitrogen and oxygen atoms in total. The fourth-order valence-corrected chi connectivity index (χ4v) is 3.41. The summed E-state index contributed by atoms with van der Waals surface area (Å²) in [5.74, 6) is 1.79. The van der Waals surface area contributed by atoms with Crippen molar-refractivity contribution in [3.8, 4) is 11.5 Å². The van der Waals surface area contributed by atoms with Crippen molar-refractivity contribution in [2.45, 2.75) is 33.2 Å². The van der Waals surface area contributed by atoms with Gasteiger partial charge in [0.25, 0.3) is 0 Å². The van der Waals surface area contributed by atoms with Gasteiger partial charge in [-0.2, -0.15) is 0 Å². The maximum absolute atomic E-state index is 2.40. The number of nitrogens with zero attached hydrogens (tertiary/aromatic N) is 3. The highest BCUT2D eigenvalue weighted by Crippen LogP contribution is 2.31. The zero-order valence-corrected chi connectivity index (χ0v) is 12.7. The molecule has 0 aliphatic carbocycles. The van der Waals surface area contributed by atoms with Crippen molar-refractivity contribution >= 4 is 0 Å². The van der Waals surface area contributed by atoms with Gasteiger partial charge in [-0.3, -0.25) is 4.57 Å². The van der Waals surface area contributed by atoms with Gasteiger partial charge < -0.3 is 0 Å². The predicted octanol–water partition coefficient (Wildman–Crippen LogP) is 3.35. The minimum Gasteiger partial charge on any atom is -0.295 e. The van der Waals surface area contributed by atoms with Crippen molar-refractivity contribution in [3.05, 3.63) is 65.6 Å². The number of benzene rings is 1. The minimum absolute atomic E-state index is 0.511. The summed E-state index contributed by atoms with van der Waals surface area (Å²) in [5.41, 5.74) is 5.39. The van der Waals surface area contributed by atoms with E-state index < -0.39 is 0 Å². The maximum Gasteiger partial charge on any atom is 0.201 e. The average molecular weight is 278 g/mol. The summed E-state index contributed by atoms with van der Waals surface area (Å²) in [6.45, 7) is 7.67. The van der Waals surface area contributed by atoms with Crippen LogP contribution in [0.25, 0.3) is 11.5 Å². The molecule has 0 N–H and O–H groups in total. The lowest BCUT2D eigenvalue weighted by Crippen LogP contribution is -2.37. The molecule has 0 bridgehead atoms. The number of rotatable bonds is 2. The highest BCUT2D eigenvalue weighted by atomic mass is 15.5. The van der Waals surface area contributed by atoms with E-state index in [2.05, 4.69) is 83.5 Å².